The van der Waals surface area contributed by atoms with Crippen LogP contribution < -0.4 is 15.4 Å². The van der Waals surface area contributed by atoms with Gasteiger partial charge >= 0.3 is 6.03 Å². The maximum absolute atomic E-state index is 12.1. The van der Waals surface area contributed by atoms with Gasteiger partial charge in [-0.05, 0) is 13.0 Å². The van der Waals surface area contributed by atoms with Crippen LogP contribution in [0.1, 0.15) is 18.9 Å². The van der Waals surface area contributed by atoms with Crippen molar-refractivity contribution in [2.75, 3.05) is 0 Å². The minimum Gasteiger partial charge on any atom is -0.474 e. The highest BCUT2D eigenvalue weighted by Crippen LogP contribution is 2.40. The number of fused-ring (bicyclic) bond motifs is 2. The van der Waals surface area contributed by atoms with Crippen LogP contribution in [0.4, 0.5) is 4.79 Å². The molecule has 1 saturated heterocycles. The lowest BCUT2D eigenvalue weighted by Gasteiger charge is -2.35. The van der Waals surface area contributed by atoms with Crippen molar-refractivity contribution in [3.05, 3.63) is 22.8 Å². The maximum atomic E-state index is 12.1. The van der Waals surface area contributed by atoms with E-state index in [9.17, 15) is 9.59 Å². The molecule has 0 aromatic carbocycles. The summed E-state index contributed by atoms with van der Waals surface area (Å²) in [7, 11) is 0. The first-order chi connectivity index (χ1) is 8.51. The number of nitrogens with one attached hydrogen (secondary N) is 2. The van der Waals surface area contributed by atoms with Crippen LogP contribution in [0.25, 0.3) is 0 Å². The molecular formula is C11H10ClN3O3. The molecule has 94 valence electrons. The Morgan fingerprint density at radius 3 is 3.00 bits per heavy atom. The molecule has 2 atom stereocenters. The summed E-state index contributed by atoms with van der Waals surface area (Å²) >= 11 is 5.90. The molecule has 2 aliphatic rings. The van der Waals surface area contributed by atoms with Crippen molar-refractivity contribution < 1.29 is 14.3 Å². The van der Waals surface area contributed by atoms with Gasteiger partial charge in [0.15, 0.2) is 5.54 Å². The first-order valence-electron chi connectivity index (χ1n) is 5.47. The third-order valence-electron chi connectivity index (χ3n) is 3.13. The van der Waals surface area contributed by atoms with Gasteiger partial charge in [-0.15, -0.1) is 0 Å². The molecule has 18 heavy (non-hydrogen) atoms. The Labute approximate surface area is 108 Å². The fraction of sp³-hybridized carbons (Fsp3) is 0.364. The van der Waals surface area contributed by atoms with Crippen LogP contribution in [0, 0.1) is 0 Å². The van der Waals surface area contributed by atoms with Crippen molar-refractivity contribution >= 4 is 23.5 Å². The second-order valence-corrected chi connectivity index (χ2v) is 4.89. The van der Waals surface area contributed by atoms with E-state index in [1.54, 1.807) is 6.07 Å². The smallest absolute Gasteiger partial charge is 0.322 e. The normalized spacial score (nSPS) is 29.6. The van der Waals surface area contributed by atoms with Crippen LogP contribution in [0.2, 0.25) is 5.02 Å². The van der Waals surface area contributed by atoms with Gasteiger partial charge in [0.25, 0.3) is 5.91 Å². The second-order valence-electron chi connectivity index (χ2n) is 4.45. The first-order valence-corrected chi connectivity index (χ1v) is 5.85. The molecule has 6 nitrogen and oxygen atoms in total. The van der Waals surface area contributed by atoms with E-state index in [1.807, 2.05) is 6.92 Å². The monoisotopic (exact) mass is 267 g/mol. The van der Waals surface area contributed by atoms with Gasteiger partial charge in [-0.1, -0.05) is 11.6 Å². The quantitative estimate of drug-likeness (QED) is 0.686. The Morgan fingerprint density at radius 2 is 2.33 bits per heavy atom. The molecule has 3 amide bonds. The fourth-order valence-corrected chi connectivity index (χ4v) is 2.58. The average molecular weight is 268 g/mol. The number of aromatic nitrogens is 1. The number of urea groups is 1. The highest BCUT2D eigenvalue weighted by molar-refractivity contribution is 6.30. The molecule has 1 fully saturated rings. The number of hydrogen-bond donors (Lipinski definition) is 2. The Hall–Kier alpha value is -1.82. The fourth-order valence-electron chi connectivity index (χ4n) is 2.42. The minimum absolute atomic E-state index is 0.227. The number of ether oxygens (including phenoxy) is 1. The predicted octanol–water partition coefficient (Wildman–Crippen LogP) is 0.941. The number of pyridine rings is 1. The standard InChI is InChI=1S/C11H10ClN3O3/c1-5-3-11(9(16)14-10(17)15-11)7-2-6(12)4-13-8(7)18-5/h2,4-5H,3H2,1H3,(H2,14,15,16,17)/t5?,11-/m1/s1. The summed E-state index contributed by atoms with van der Waals surface area (Å²) in [6.07, 6.45) is 1.57. The van der Waals surface area contributed by atoms with Crippen molar-refractivity contribution in [3.8, 4) is 5.88 Å². The third-order valence-corrected chi connectivity index (χ3v) is 3.33. The molecule has 7 heteroatoms. The molecule has 1 aromatic rings. The van der Waals surface area contributed by atoms with Gasteiger partial charge in [-0.25, -0.2) is 9.78 Å². The number of halogens is 1. The Kier molecular flexibility index (Phi) is 2.25. The van der Waals surface area contributed by atoms with Gasteiger partial charge in [0.2, 0.25) is 5.88 Å². The minimum atomic E-state index is -1.12. The third kappa shape index (κ3) is 1.45. The zero-order valence-electron chi connectivity index (χ0n) is 9.49. The van der Waals surface area contributed by atoms with Crippen LogP contribution in [-0.4, -0.2) is 23.0 Å². The Balaban J connectivity index is 2.20. The summed E-state index contributed by atoms with van der Waals surface area (Å²) in [4.78, 5) is 27.5. The Bertz CT molecular complexity index is 562. The zero-order chi connectivity index (χ0) is 12.9. The number of amides is 3. The molecule has 0 radical (unpaired) electrons. The molecule has 3 heterocycles. The zero-order valence-corrected chi connectivity index (χ0v) is 10.2. The lowest BCUT2D eigenvalue weighted by atomic mass is 9.83. The molecule has 3 rings (SSSR count). The van der Waals surface area contributed by atoms with Crippen molar-refractivity contribution in [1.82, 2.24) is 15.6 Å². The van der Waals surface area contributed by atoms with Crippen LogP contribution in [0.15, 0.2) is 12.3 Å². The summed E-state index contributed by atoms with van der Waals surface area (Å²) in [5.41, 5.74) is -0.626. The summed E-state index contributed by atoms with van der Waals surface area (Å²) < 4.78 is 5.56. The second kappa shape index (κ2) is 3.58. The number of hydrogen-bond acceptors (Lipinski definition) is 4. The van der Waals surface area contributed by atoms with Crippen molar-refractivity contribution in [2.45, 2.75) is 25.0 Å². The lowest BCUT2D eigenvalue weighted by molar-refractivity contribution is -0.126. The van der Waals surface area contributed by atoms with Crippen LogP contribution in [0.3, 0.4) is 0 Å². The molecule has 1 aromatic heterocycles. The van der Waals surface area contributed by atoms with Crippen molar-refractivity contribution in [2.24, 2.45) is 0 Å². The molecular weight excluding hydrogens is 258 g/mol. The van der Waals surface area contributed by atoms with E-state index in [0.717, 1.165) is 0 Å². The molecule has 1 spiro atoms. The summed E-state index contributed by atoms with van der Waals surface area (Å²) in [5.74, 6) is -0.0662. The number of rotatable bonds is 0. The van der Waals surface area contributed by atoms with E-state index < -0.39 is 17.5 Å². The maximum Gasteiger partial charge on any atom is 0.322 e. The molecule has 2 aliphatic heterocycles. The van der Waals surface area contributed by atoms with Crippen LogP contribution in [-0.2, 0) is 10.3 Å². The van der Waals surface area contributed by atoms with E-state index in [0.29, 0.717) is 22.9 Å². The number of imide groups is 1. The van der Waals surface area contributed by atoms with E-state index in [4.69, 9.17) is 16.3 Å². The molecule has 0 aliphatic carbocycles. The van der Waals surface area contributed by atoms with Gasteiger partial charge < -0.3 is 10.1 Å². The number of carbonyl (C=O) groups is 2. The van der Waals surface area contributed by atoms with Gasteiger partial charge in [0.1, 0.15) is 6.10 Å². The summed E-state index contributed by atoms with van der Waals surface area (Å²) in [5, 5.41) is 5.29. The van der Waals surface area contributed by atoms with Crippen molar-refractivity contribution in [3.63, 3.8) is 0 Å². The molecule has 0 saturated carbocycles. The van der Waals surface area contributed by atoms with Gasteiger partial charge in [-0.2, -0.15) is 0 Å². The van der Waals surface area contributed by atoms with E-state index in [-0.39, 0.29) is 6.10 Å². The molecule has 2 N–H and O–H groups in total. The highest BCUT2D eigenvalue weighted by Gasteiger charge is 2.53. The van der Waals surface area contributed by atoms with Gasteiger partial charge in [0, 0.05) is 12.6 Å². The predicted molar refractivity (Wildman–Crippen MR) is 62.3 cm³/mol. The topological polar surface area (TPSA) is 80.3 Å². The van der Waals surface area contributed by atoms with E-state index >= 15 is 0 Å². The van der Waals surface area contributed by atoms with E-state index in [2.05, 4.69) is 15.6 Å². The first kappa shape index (κ1) is 11.3. The SMILES string of the molecule is CC1C[C@@]2(NC(=O)NC2=O)c2cc(Cl)cnc2O1. The van der Waals surface area contributed by atoms with Crippen LogP contribution >= 0.6 is 11.6 Å². The van der Waals surface area contributed by atoms with Crippen molar-refractivity contribution in [1.29, 1.82) is 0 Å². The number of nitrogens with zero attached hydrogens (tertiary/aromatic N) is 1. The van der Waals surface area contributed by atoms with Gasteiger partial charge in [-0.3, -0.25) is 10.1 Å². The summed E-state index contributed by atoms with van der Waals surface area (Å²) in [6, 6.07) is 1.08. The lowest BCUT2D eigenvalue weighted by Crippen LogP contribution is -2.49. The summed E-state index contributed by atoms with van der Waals surface area (Å²) in [6.45, 7) is 1.82. The van der Waals surface area contributed by atoms with E-state index in [1.165, 1.54) is 6.20 Å². The average Bonchev–Trinajstić information content (AvgIpc) is 2.55. The molecule has 1 unspecified atom stereocenters. The molecule has 0 bridgehead atoms. The van der Waals surface area contributed by atoms with Gasteiger partial charge in [0.05, 0.1) is 10.6 Å². The largest absolute Gasteiger partial charge is 0.474 e. The Morgan fingerprint density at radius 1 is 1.56 bits per heavy atom. The highest BCUT2D eigenvalue weighted by atomic mass is 35.5. The number of carbonyl (C=O) groups excluding carboxylic acids is 2. The van der Waals surface area contributed by atoms with Crippen LogP contribution in [0.5, 0.6) is 5.88 Å².